The van der Waals surface area contributed by atoms with Gasteiger partial charge in [0.05, 0.1) is 25.0 Å². The summed E-state index contributed by atoms with van der Waals surface area (Å²) in [6, 6.07) is 0.206. The summed E-state index contributed by atoms with van der Waals surface area (Å²) in [4.78, 5) is 9.41. The number of hydrogen-bond acceptors (Lipinski definition) is 7. The number of halogens is 4. The van der Waals surface area contributed by atoms with Crippen LogP contribution in [0.3, 0.4) is 0 Å². The summed E-state index contributed by atoms with van der Waals surface area (Å²) in [5, 5.41) is 4.19. The Morgan fingerprint density at radius 3 is 2.79 bits per heavy atom. The molecule has 2 aromatic heterocycles. The van der Waals surface area contributed by atoms with Gasteiger partial charge in [0.25, 0.3) is 0 Å². The molecule has 1 saturated heterocycles. The van der Waals surface area contributed by atoms with Crippen LogP contribution in [0.1, 0.15) is 36.9 Å². The van der Waals surface area contributed by atoms with Gasteiger partial charge in [0, 0.05) is 43.7 Å². The number of rotatable bonds is 8. The van der Waals surface area contributed by atoms with E-state index in [4.69, 9.17) is 4.74 Å². The van der Waals surface area contributed by atoms with Crippen LogP contribution in [0.25, 0.3) is 6.20 Å². The molecule has 0 spiro atoms. The van der Waals surface area contributed by atoms with Crippen LogP contribution in [0.5, 0.6) is 5.88 Å². The van der Waals surface area contributed by atoms with E-state index in [9.17, 15) is 26.0 Å². The highest BCUT2D eigenvalue weighted by molar-refractivity contribution is 7.87. The first-order chi connectivity index (χ1) is 16.1. The molecule has 0 bridgehead atoms. The van der Waals surface area contributed by atoms with Crippen molar-refractivity contribution in [2.75, 3.05) is 20.2 Å². The number of alkyl halides is 3. The van der Waals surface area contributed by atoms with Gasteiger partial charge in [0.15, 0.2) is 0 Å². The molecule has 0 aromatic carbocycles. The Morgan fingerprint density at radius 2 is 2.12 bits per heavy atom. The number of aromatic nitrogens is 3. The van der Waals surface area contributed by atoms with Crippen molar-refractivity contribution in [1.82, 2.24) is 19.7 Å². The Hall–Kier alpha value is -3.00. The molecule has 1 aliphatic heterocycles. The second-order valence-corrected chi connectivity index (χ2v) is 8.78. The molecule has 1 unspecified atom stereocenters. The second kappa shape index (κ2) is 10.5. The van der Waals surface area contributed by atoms with Crippen molar-refractivity contribution in [3.8, 4) is 5.88 Å². The first-order valence-corrected chi connectivity index (χ1v) is 11.6. The first kappa shape index (κ1) is 25.6. The molecule has 1 aliphatic rings. The third-order valence-electron chi connectivity index (χ3n) is 4.96. The molecule has 0 aliphatic carbocycles. The highest BCUT2D eigenvalue weighted by Gasteiger charge is 2.49. The maximum atomic E-state index is 14.0. The summed E-state index contributed by atoms with van der Waals surface area (Å²) in [5.41, 5.74) is -4.92. The molecule has 0 radical (unpaired) electrons. The summed E-state index contributed by atoms with van der Waals surface area (Å²) in [6.07, 6.45) is 8.24. The molecule has 0 N–H and O–H groups in total. The van der Waals surface area contributed by atoms with Gasteiger partial charge in [-0.25, -0.2) is 14.1 Å². The third kappa shape index (κ3) is 5.91. The van der Waals surface area contributed by atoms with Gasteiger partial charge in [-0.15, -0.1) is 0 Å². The average Bonchev–Trinajstić information content (AvgIpc) is 3.43. The van der Waals surface area contributed by atoms with E-state index in [0.717, 1.165) is 11.6 Å². The number of aliphatic imine (C=N–C) groups is 1. The van der Waals surface area contributed by atoms with Gasteiger partial charge in [-0.05, 0) is 31.9 Å². The zero-order chi connectivity index (χ0) is 24.9. The fraction of sp³-hybridized carbons (Fsp3) is 0.450. The average molecular weight is 505 g/mol. The van der Waals surface area contributed by atoms with E-state index in [1.807, 2.05) is 6.92 Å². The number of likely N-dealkylation sites (tertiary alicyclic amines) is 1. The van der Waals surface area contributed by atoms with E-state index in [0.29, 0.717) is 44.6 Å². The van der Waals surface area contributed by atoms with Crippen LogP contribution in [0.2, 0.25) is 0 Å². The summed E-state index contributed by atoms with van der Waals surface area (Å²) < 4.78 is 86.6. The number of nitrogens with zero attached hydrogens (tertiary/aromatic N) is 5. The molecular weight excluding hydrogens is 482 g/mol. The Bertz CT molecular complexity index is 1160. The molecule has 1 fully saturated rings. The smallest absolute Gasteiger partial charge is 0.377 e. The van der Waals surface area contributed by atoms with Crippen molar-refractivity contribution in [2.45, 2.75) is 37.9 Å². The van der Waals surface area contributed by atoms with Crippen LogP contribution >= 0.6 is 0 Å². The lowest BCUT2D eigenvalue weighted by molar-refractivity contribution is -0.0501. The molecule has 0 saturated carbocycles. The summed E-state index contributed by atoms with van der Waals surface area (Å²) in [7, 11) is -4.46. The summed E-state index contributed by atoms with van der Waals surface area (Å²) >= 11 is 0. The van der Waals surface area contributed by atoms with E-state index in [1.54, 1.807) is 34.3 Å². The van der Waals surface area contributed by atoms with Gasteiger partial charge >= 0.3 is 15.6 Å². The Kier molecular flexibility index (Phi) is 7.92. The Balaban J connectivity index is 1.87. The minimum atomic E-state index is -5.98. The maximum absolute atomic E-state index is 14.0. The van der Waals surface area contributed by atoms with Gasteiger partial charge in [-0.3, -0.25) is 4.99 Å². The van der Waals surface area contributed by atoms with Crippen LogP contribution < -0.4 is 4.18 Å². The summed E-state index contributed by atoms with van der Waals surface area (Å²) in [6.45, 7) is 3.29. The number of ether oxygens (including phenoxy) is 1. The molecule has 14 heteroatoms. The molecule has 9 nitrogen and oxygen atoms in total. The standard InChI is InChI=1S/C20H23F4N5O4S/c1-3-32-13-14-10-27-28(12-14)8-6-18(25-2)29-7-4-5-17(29)16-9-15(21)11-26-19(16)33-34(30,31)20(22,23)24/h6,8-12,17H,3-5,7,13H2,1-2H3/b8-6-,25-18+. The molecule has 3 heterocycles. The second-order valence-electron chi connectivity index (χ2n) is 7.25. The fourth-order valence-electron chi connectivity index (χ4n) is 3.46. The zero-order valence-electron chi connectivity index (χ0n) is 18.4. The molecule has 1 atom stereocenters. The molecule has 186 valence electrons. The number of amidine groups is 1. The maximum Gasteiger partial charge on any atom is 0.534 e. The number of hydrogen-bond donors (Lipinski definition) is 0. The van der Waals surface area contributed by atoms with E-state index < -0.39 is 33.4 Å². The zero-order valence-corrected chi connectivity index (χ0v) is 19.2. The predicted octanol–water partition coefficient (Wildman–Crippen LogP) is 3.52. The number of pyridine rings is 1. The lowest BCUT2D eigenvalue weighted by atomic mass is 10.1. The predicted molar refractivity (Wildman–Crippen MR) is 115 cm³/mol. The highest BCUT2D eigenvalue weighted by atomic mass is 32.2. The normalized spacial score (nSPS) is 17.6. The first-order valence-electron chi connectivity index (χ1n) is 10.2. The quantitative estimate of drug-likeness (QED) is 0.178. The monoisotopic (exact) mass is 505 g/mol. The molecule has 34 heavy (non-hydrogen) atoms. The lowest BCUT2D eigenvalue weighted by Gasteiger charge is -2.27. The topological polar surface area (TPSA) is 98.9 Å². The van der Waals surface area contributed by atoms with Crippen molar-refractivity contribution in [3.05, 3.63) is 47.7 Å². The van der Waals surface area contributed by atoms with Gasteiger partial charge in [-0.2, -0.15) is 26.7 Å². The van der Waals surface area contributed by atoms with E-state index in [-0.39, 0.29) is 5.56 Å². The van der Waals surface area contributed by atoms with Crippen molar-refractivity contribution < 1.29 is 34.9 Å². The van der Waals surface area contributed by atoms with Crippen molar-refractivity contribution >= 4 is 22.2 Å². The third-order valence-corrected chi connectivity index (χ3v) is 5.90. The lowest BCUT2D eigenvalue weighted by Crippen LogP contribution is -2.31. The minimum Gasteiger partial charge on any atom is -0.377 e. The summed E-state index contributed by atoms with van der Waals surface area (Å²) in [5.74, 6) is -1.25. The van der Waals surface area contributed by atoms with Crippen molar-refractivity contribution in [2.24, 2.45) is 4.99 Å². The van der Waals surface area contributed by atoms with E-state index in [2.05, 4.69) is 19.3 Å². The van der Waals surface area contributed by atoms with Gasteiger partial charge < -0.3 is 13.8 Å². The Morgan fingerprint density at radius 1 is 1.35 bits per heavy atom. The Labute approximate surface area is 193 Å². The van der Waals surface area contributed by atoms with Crippen molar-refractivity contribution in [3.63, 3.8) is 0 Å². The van der Waals surface area contributed by atoms with Crippen LogP contribution in [-0.2, 0) is 21.5 Å². The van der Waals surface area contributed by atoms with Crippen molar-refractivity contribution in [1.29, 1.82) is 0 Å². The van der Waals surface area contributed by atoms with E-state index in [1.165, 1.54) is 7.05 Å². The van der Waals surface area contributed by atoms with Crippen LogP contribution in [-0.4, -0.2) is 59.6 Å². The van der Waals surface area contributed by atoms with Crippen LogP contribution in [0.4, 0.5) is 17.6 Å². The van der Waals surface area contributed by atoms with Crippen LogP contribution in [0.15, 0.2) is 35.7 Å². The molecule has 0 amide bonds. The van der Waals surface area contributed by atoms with Gasteiger partial charge in [-0.1, -0.05) is 0 Å². The molecule has 2 aromatic rings. The van der Waals surface area contributed by atoms with Crippen LogP contribution in [0, 0.1) is 5.82 Å². The van der Waals surface area contributed by atoms with Gasteiger partial charge in [0.2, 0.25) is 5.88 Å². The van der Waals surface area contributed by atoms with E-state index >= 15 is 0 Å². The van der Waals surface area contributed by atoms with Gasteiger partial charge in [0.1, 0.15) is 11.7 Å². The molecular formula is C20H23F4N5O4S. The molecule has 3 rings (SSSR count). The fourth-order valence-corrected chi connectivity index (χ4v) is 3.90. The highest BCUT2D eigenvalue weighted by Crippen LogP contribution is 2.38. The largest absolute Gasteiger partial charge is 0.534 e. The minimum absolute atomic E-state index is 0.127. The SMILES string of the molecule is CCOCc1cnn(/C=C\C(=N/C)N2CCCC2c2cc(F)cnc2OS(=O)(=O)C(F)(F)F)c1.